The molecule has 0 radical (unpaired) electrons. The number of carbonyl (C=O) groups is 4. The van der Waals surface area contributed by atoms with Gasteiger partial charge in [0.25, 0.3) is 11.8 Å². The molecule has 4 rings (SSSR count). The van der Waals surface area contributed by atoms with Crippen molar-refractivity contribution in [1.82, 2.24) is 15.5 Å². The minimum atomic E-state index is -1.06. The quantitative estimate of drug-likeness (QED) is 0.713. The summed E-state index contributed by atoms with van der Waals surface area (Å²) >= 11 is 0. The number of hydrogen-bond acceptors (Lipinski definition) is 6. The van der Waals surface area contributed by atoms with Gasteiger partial charge in [-0.25, -0.2) is 4.39 Å². The number of carbonyl (C=O) groups excluding carboxylic acids is 4. The molecule has 4 amide bonds. The van der Waals surface area contributed by atoms with Crippen LogP contribution in [0.15, 0.2) is 12.1 Å². The fraction of sp³-hybridized carbons (Fsp3) is 0.474. The molecule has 0 spiro atoms. The van der Waals surface area contributed by atoms with Crippen molar-refractivity contribution in [3.8, 4) is 0 Å². The van der Waals surface area contributed by atoms with Crippen LogP contribution in [0.1, 0.15) is 46.9 Å². The first-order valence-corrected chi connectivity index (χ1v) is 9.41. The van der Waals surface area contributed by atoms with Gasteiger partial charge in [-0.05, 0) is 38.4 Å². The Hall–Kier alpha value is -2.81. The summed E-state index contributed by atoms with van der Waals surface area (Å²) in [5, 5.41) is 5.47. The summed E-state index contributed by atoms with van der Waals surface area (Å²) in [6, 6.07) is 1.51. The molecule has 0 aliphatic carbocycles. The molecule has 28 heavy (non-hydrogen) atoms. The number of nitrogens with zero attached hydrogens (tertiary/aromatic N) is 2. The lowest BCUT2D eigenvalue weighted by Gasteiger charge is -2.29. The molecular formula is C19H21FN4O4. The van der Waals surface area contributed by atoms with Crippen molar-refractivity contribution in [2.75, 3.05) is 24.5 Å². The average molecular weight is 388 g/mol. The van der Waals surface area contributed by atoms with Gasteiger partial charge < -0.3 is 10.2 Å². The van der Waals surface area contributed by atoms with Gasteiger partial charge in [0.2, 0.25) is 11.8 Å². The van der Waals surface area contributed by atoms with Crippen molar-refractivity contribution in [2.45, 2.75) is 38.3 Å². The normalized spacial score (nSPS) is 25.6. The Labute approximate surface area is 161 Å². The minimum Gasteiger partial charge on any atom is -0.367 e. The number of hydrogen-bond donors (Lipinski definition) is 2. The molecule has 8 nitrogen and oxygen atoms in total. The number of halogens is 1. The van der Waals surface area contributed by atoms with Gasteiger partial charge in [0, 0.05) is 25.6 Å². The molecule has 1 aromatic carbocycles. The maximum absolute atomic E-state index is 14.8. The summed E-state index contributed by atoms with van der Waals surface area (Å²) in [5.74, 6) is -3.00. The van der Waals surface area contributed by atoms with Crippen LogP contribution in [0.5, 0.6) is 0 Å². The zero-order valence-electron chi connectivity index (χ0n) is 15.5. The molecule has 148 valence electrons. The zero-order valence-corrected chi connectivity index (χ0v) is 15.5. The lowest BCUT2D eigenvalue weighted by Crippen LogP contribution is -2.54. The number of imide groups is 2. The monoisotopic (exact) mass is 388 g/mol. The van der Waals surface area contributed by atoms with Gasteiger partial charge in [-0.15, -0.1) is 0 Å². The smallest absolute Gasteiger partial charge is 0.264 e. The second-order valence-corrected chi connectivity index (χ2v) is 7.42. The number of anilines is 1. The fourth-order valence-electron chi connectivity index (χ4n) is 4.13. The lowest BCUT2D eigenvalue weighted by molar-refractivity contribution is -0.136. The molecule has 0 aromatic heterocycles. The average Bonchev–Trinajstić information content (AvgIpc) is 2.79. The van der Waals surface area contributed by atoms with Gasteiger partial charge in [-0.1, -0.05) is 0 Å². The molecule has 2 saturated heterocycles. The number of amides is 4. The number of fused-ring (bicyclic) bond motifs is 1. The van der Waals surface area contributed by atoms with Gasteiger partial charge >= 0.3 is 0 Å². The van der Waals surface area contributed by atoms with Crippen LogP contribution >= 0.6 is 0 Å². The molecule has 0 bridgehead atoms. The van der Waals surface area contributed by atoms with Crippen LogP contribution in [0.25, 0.3) is 0 Å². The first kappa shape index (κ1) is 18.5. The topological polar surface area (TPSA) is 98.8 Å². The molecule has 3 heterocycles. The molecular weight excluding hydrogens is 367 g/mol. The summed E-state index contributed by atoms with van der Waals surface area (Å²) in [5.41, 5.74) is 0.209. The Bertz CT molecular complexity index is 887. The Morgan fingerprint density at radius 1 is 1.14 bits per heavy atom. The largest absolute Gasteiger partial charge is 0.367 e. The van der Waals surface area contributed by atoms with Gasteiger partial charge in [0.1, 0.15) is 11.9 Å². The molecule has 9 heteroatoms. The van der Waals surface area contributed by atoms with Crippen LogP contribution in [0.2, 0.25) is 0 Å². The third-order valence-electron chi connectivity index (χ3n) is 5.44. The molecule has 2 N–H and O–H groups in total. The Balaban J connectivity index is 1.74. The van der Waals surface area contributed by atoms with Crippen LogP contribution in [0, 0.1) is 5.82 Å². The molecule has 2 fully saturated rings. The molecule has 2 unspecified atom stereocenters. The second-order valence-electron chi connectivity index (χ2n) is 7.42. The maximum Gasteiger partial charge on any atom is 0.264 e. The van der Waals surface area contributed by atoms with E-state index in [2.05, 4.69) is 10.6 Å². The van der Waals surface area contributed by atoms with E-state index in [1.54, 1.807) is 4.90 Å². The summed E-state index contributed by atoms with van der Waals surface area (Å²) in [6.07, 6.45) is 0.880. The Morgan fingerprint density at radius 3 is 2.68 bits per heavy atom. The van der Waals surface area contributed by atoms with E-state index in [0.717, 1.165) is 17.9 Å². The first-order valence-electron chi connectivity index (χ1n) is 9.41. The number of nitrogens with one attached hydrogen (secondary N) is 2. The third-order valence-corrected chi connectivity index (χ3v) is 5.44. The van der Waals surface area contributed by atoms with Crippen molar-refractivity contribution in [1.29, 1.82) is 0 Å². The first-order chi connectivity index (χ1) is 13.4. The standard InChI is InChI=1S/C19H21FN4O4/c1-10-9-23(8-2-7-21-10)16-12(20)4-3-11-15(16)19(28)24(18(11)27)13-5-6-14(25)22-17(13)26/h3-4,10,13,21H,2,5-9H2,1H3,(H,22,25,26). The van der Waals surface area contributed by atoms with Gasteiger partial charge in [0.05, 0.1) is 16.8 Å². The van der Waals surface area contributed by atoms with E-state index < -0.39 is 35.5 Å². The van der Waals surface area contributed by atoms with Gasteiger partial charge in [-0.3, -0.25) is 29.4 Å². The van der Waals surface area contributed by atoms with Crippen LogP contribution < -0.4 is 15.5 Å². The Kier molecular flexibility index (Phi) is 4.62. The van der Waals surface area contributed by atoms with Crippen molar-refractivity contribution in [3.63, 3.8) is 0 Å². The highest BCUT2D eigenvalue weighted by Crippen LogP contribution is 2.36. The van der Waals surface area contributed by atoms with E-state index >= 15 is 0 Å². The van der Waals surface area contributed by atoms with E-state index in [1.165, 1.54) is 12.1 Å². The fourth-order valence-corrected chi connectivity index (χ4v) is 4.13. The summed E-state index contributed by atoms with van der Waals surface area (Å²) in [4.78, 5) is 52.3. The molecule has 3 aliphatic heterocycles. The highest BCUT2D eigenvalue weighted by molar-refractivity contribution is 6.25. The van der Waals surface area contributed by atoms with Crippen molar-refractivity contribution < 1.29 is 23.6 Å². The van der Waals surface area contributed by atoms with E-state index in [0.29, 0.717) is 13.1 Å². The van der Waals surface area contributed by atoms with Crippen molar-refractivity contribution in [2.24, 2.45) is 0 Å². The summed E-state index contributed by atoms with van der Waals surface area (Å²) in [6.45, 7) is 3.80. The molecule has 2 atom stereocenters. The highest BCUT2D eigenvalue weighted by atomic mass is 19.1. The minimum absolute atomic E-state index is 0.00352. The number of rotatable bonds is 2. The van der Waals surface area contributed by atoms with Crippen LogP contribution in [-0.4, -0.2) is 60.2 Å². The van der Waals surface area contributed by atoms with E-state index in [1.807, 2.05) is 6.92 Å². The van der Waals surface area contributed by atoms with Crippen molar-refractivity contribution >= 4 is 29.3 Å². The van der Waals surface area contributed by atoms with E-state index in [9.17, 15) is 23.6 Å². The van der Waals surface area contributed by atoms with Crippen LogP contribution in [-0.2, 0) is 9.59 Å². The zero-order chi connectivity index (χ0) is 20.0. The number of piperidine rings is 1. The van der Waals surface area contributed by atoms with Crippen molar-refractivity contribution in [3.05, 3.63) is 29.1 Å². The van der Waals surface area contributed by atoms with E-state index in [-0.39, 0.29) is 35.7 Å². The molecule has 3 aliphatic rings. The predicted octanol–water partition coefficient (Wildman–Crippen LogP) is 0.415. The maximum atomic E-state index is 14.8. The molecule has 1 aromatic rings. The van der Waals surface area contributed by atoms with Gasteiger partial charge in [-0.2, -0.15) is 0 Å². The lowest BCUT2D eigenvalue weighted by atomic mass is 10.0. The Morgan fingerprint density at radius 2 is 1.93 bits per heavy atom. The molecule has 0 saturated carbocycles. The number of benzene rings is 1. The van der Waals surface area contributed by atoms with Gasteiger partial charge in [0.15, 0.2) is 0 Å². The SMILES string of the molecule is CC1CN(c2c(F)ccc3c2C(=O)N(C2CCC(=O)NC2=O)C3=O)CCCN1. The van der Waals surface area contributed by atoms with E-state index in [4.69, 9.17) is 0 Å². The van der Waals surface area contributed by atoms with Crippen LogP contribution in [0.3, 0.4) is 0 Å². The summed E-state index contributed by atoms with van der Waals surface area (Å²) < 4.78 is 14.8. The third kappa shape index (κ3) is 2.95. The highest BCUT2D eigenvalue weighted by Gasteiger charge is 2.46. The van der Waals surface area contributed by atoms with Crippen LogP contribution in [0.4, 0.5) is 10.1 Å². The predicted molar refractivity (Wildman–Crippen MR) is 97.4 cm³/mol. The summed E-state index contributed by atoms with van der Waals surface area (Å²) in [7, 11) is 0. The second kappa shape index (κ2) is 6.97.